The van der Waals surface area contributed by atoms with Crippen molar-refractivity contribution in [3.63, 3.8) is 0 Å². The molecule has 2 heterocycles. The summed E-state index contributed by atoms with van der Waals surface area (Å²) in [4.78, 5) is 16.2. The molecule has 126 valence electrons. The van der Waals surface area contributed by atoms with E-state index < -0.39 is 9.84 Å². The molecule has 1 aromatic carbocycles. The van der Waals surface area contributed by atoms with Crippen molar-refractivity contribution in [3.05, 3.63) is 29.3 Å². The fourth-order valence-corrected chi connectivity index (χ4v) is 4.35. The summed E-state index contributed by atoms with van der Waals surface area (Å²) in [5.74, 6) is 0.212. The van der Waals surface area contributed by atoms with Crippen LogP contribution in [0.15, 0.2) is 18.2 Å². The predicted molar refractivity (Wildman–Crippen MR) is 88.7 cm³/mol. The van der Waals surface area contributed by atoms with Gasteiger partial charge in [-0.1, -0.05) is 6.07 Å². The van der Waals surface area contributed by atoms with E-state index in [9.17, 15) is 13.2 Å². The summed E-state index contributed by atoms with van der Waals surface area (Å²) in [6.07, 6.45) is 0. The van der Waals surface area contributed by atoms with Gasteiger partial charge in [-0.15, -0.1) is 0 Å². The first-order chi connectivity index (χ1) is 10.9. The second-order valence-corrected chi connectivity index (χ2v) is 8.54. The quantitative estimate of drug-likeness (QED) is 0.756. The first-order valence-corrected chi connectivity index (χ1v) is 9.60. The first-order valence-electron chi connectivity index (χ1n) is 7.78. The molecule has 0 aromatic heterocycles. The summed E-state index contributed by atoms with van der Waals surface area (Å²) < 4.78 is 27.8. The maximum Gasteiger partial charge on any atom is 0.338 e. The Morgan fingerprint density at radius 2 is 1.87 bits per heavy atom. The Balaban J connectivity index is 1.62. The molecule has 2 fully saturated rings. The van der Waals surface area contributed by atoms with Crippen molar-refractivity contribution in [2.75, 3.05) is 49.7 Å². The van der Waals surface area contributed by atoms with Gasteiger partial charge in [-0.3, -0.25) is 4.90 Å². The lowest BCUT2D eigenvalue weighted by molar-refractivity contribution is 0.0600. The first kappa shape index (κ1) is 16.3. The zero-order chi connectivity index (χ0) is 16.6. The molecule has 0 N–H and O–H groups in total. The van der Waals surface area contributed by atoms with E-state index in [2.05, 4.69) is 9.80 Å². The third-order valence-corrected chi connectivity index (χ3v) is 6.36. The standard InChI is InChI=1S/C16H22N2O4S/c1-12-3-4-13(9-15(12)16(19)22-2)18-10-14(11-18)17-5-7-23(20,21)8-6-17/h3-4,9,14H,5-8,10-11H2,1-2H3. The highest BCUT2D eigenvalue weighted by molar-refractivity contribution is 7.91. The van der Waals surface area contributed by atoms with E-state index in [1.165, 1.54) is 7.11 Å². The number of anilines is 1. The van der Waals surface area contributed by atoms with E-state index in [4.69, 9.17) is 4.74 Å². The Morgan fingerprint density at radius 3 is 2.48 bits per heavy atom. The topological polar surface area (TPSA) is 66.9 Å². The highest BCUT2D eigenvalue weighted by Crippen LogP contribution is 2.27. The van der Waals surface area contributed by atoms with Crippen LogP contribution in [0, 0.1) is 6.92 Å². The van der Waals surface area contributed by atoms with Crippen LogP contribution in [-0.4, -0.2) is 70.1 Å². The summed E-state index contributed by atoms with van der Waals surface area (Å²) in [6, 6.07) is 6.22. The second-order valence-electron chi connectivity index (χ2n) is 6.24. The molecule has 0 saturated carbocycles. The number of hydrogen-bond acceptors (Lipinski definition) is 6. The van der Waals surface area contributed by atoms with Crippen LogP contribution in [0.4, 0.5) is 5.69 Å². The SMILES string of the molecule is COC(=O)c1cc(N2CC(N3CCS(=O)(=O)CC3)C2)ccc1C. The number of hydrogen-bond donors (Lipinski definition) is 0. The number of ether oxygens (including phenoxy) is 1. The van der Waals surface area contributed by atoms with Crippen molar-refractivity contribution < 1.29 is 17.9 Å². The van der Waals surface area contributed by atoms with Gasteiger partial charge < -0.3 is 9.64 Å². The van der Waals surface area contributed by atoms with Crippen LogP contribution in [0.3, 0.4) is 0 Å². The molecular weight excluding hydrogens is 316 g/mol. The number of benzene rings is 1. The van der Waals surface area contributed by atoms with Crippen LogP contribution < -0.4 is 4.90 Å². The highest BCUT2D eigenvalue weighted by atomic mass is 32.2. The number of esters is 1. The molecule has 1 aromatic rings. The van der Waals surface area contributed by atoms with Gasteiger partial charge >= 0.3 is 5.97 Å². The minimum atomic E-state index is -2.83. The molecule has 3 rings (SSSR count). The van der Waals surface area contributed by atoms with Gasteiger partial charge in [0.15, 0.2) is 9.84 Å². The van der Waals surface area contributed by atoms with Gasteiger partial charge in [-0.2, -0.15) is 0 Å². The summed E-state index contributed by atoms with van der Waals surface area (Å²) in [5, 5.41) is 0. The predicted octanol–water partition coefficient (Wildman–Crippen LogP) is 0.701. The third kappa shape index (κ3) is 3.35. The molecule has 6 nitrogen and oxygen atoms in total. The average molecular weight is 338 g/mol. The monoisotopic (exact) mass is 338 g/mol. The maximum atomic E-state index is 11.8. The van der Waals surface area contributed by atoms with E-state index in [0.717, 1.165) is 24.3 Å². The van der Waals surface area contributed by atoms with Gasteiger partial charge in [0.1, 0.15) is 0 Å². The second kappa shape index (κ2) is 6.13. The van der Waals surface area contributed by atoms with Crippen LogP contribution in [0.25, 0.3) is 0 Å². The molecular formula is C16H22N2O4S. The van der Waals surface area contributed by atoms with E-state index in [0.29, 0.717) is 24.7 Å². The zero-order valence-electron chi connectivity index (χ0n) is 13.5. The lowest BCUT2D eigenvalue weighted by Gasteiger charge is -2.47. The van der Waals surface area contributed by atoms with Gasteiger partial charge in [-0.05, 0) is 24.6 Å². The van der Waals surface area contributed by atoms with Crippen LogP contribution in [0.1, 0.15) is 15.9 Å². The fraction of sp³-hybridized carbons (Fsp3) is 0.562. The van der Waals surface area contributed by atoms with Crippen molar-refractivity contribution in [2.24, 2.45) is 0 Å². The molecule has 2 aliphatic heterocycles. The molecule has 23 heavy (non-hydrogen) atoms. The van der Waals surface area contributed by atoms with E-state index >= 15 is 0 Å². The van der Waals surface area contributed by atoms with Crippen molar-refractivity contribution in [1.29, 1.82) is 0 Å². The summed E-state index contributed by atoms with van der Waals surface area (Å²) in [7, 11) is -1.44. The fourth-order valence-electron chi connectivity index (χ4n) is 3.13. The summed E-state index contributed by atoms with van der Waals surface area (Å²) in [6.45, 7) is 4.88. The number of aryl methyl sites for hydroxylation is 1. The van der Waals surface area contributed by atoms with Crippen molar-refractivity contribution >= 4 is 21.5 Å². The molecule has 2 aliphatic rings. The van der Waals surface area contributed by atoms with Crippen molar-refractivity contribution in [3.8, 4) is 0 Å². The number of rotatable bonds is 3. The molecule has 0 unspecified atom stereocenters. The van der Waals surface area contributed by atoms with Gasteiger partial charge in [0.25, 0.3) is 0 Å². The van der Waals surface area contributed by atoms with E-state index in [1.807, 2.05) is 25.1 Å². The molecule has 0 bridgehead atoms. The normalized spacial score (nSPS) is 21.7. The molecule has 7 heteroatoms. The van der Waals surface area contributed by atoms with Crippen molar-refractivity contribution in [1.82, 2.24) is 4.90 Å². The lowest BCUT2D eigenvalue weighted by atomic mass is 10.0. The molecule has 0 spiro atoms. The molecule has 0 aliphatic carbocycles. The average Bonchev–Trinajstić information content (AvgIpc) is 2.48. The Morgan fingerprint density at radius 1 is 1.22 bits per heavy atom. The van der Waals surface area contributed by atoms with E-state index in [1.54, 1.807) is 0 Å². The van der Waals surface area contributed by atoms with Gasteiger partial charge in [-0.25, -0.2) is 13.2 Å². The number of sulfone groups is 1. The highest BCUT2D eigenvalue weighted by Gasteiger charge is 2.35. The number of carbonyl (C=O) groups excluding carboxylic acids is 1. The minimum Gasteiger partial charge on any atom is -0.465 e. The van der Waals surface area contributed by atoms with Gasteiger partial charge in [0.05, 0.1) is 24.2 Å². The Labute approximate surface area is 136 Å². The van der Waals surface area contributed by atoms with Crippen molar-refractivity contribution in [2.45, 2.75) is 13.0 Å². The zero-order valence-corrected chi connectivity index (χ0v) is 14.3. The molecule has 0 atom stereocenters. The largest absolute Gasteiger partial charge is 0.465 e. The number of nitrogens with zero attached hydrogens (tertiary/aromatic N) is 2. The molecule has 0 amide bonds. The number of methoxy groups -OCH3 is 1. The third-order valence-electron chi connectivity index (χ3n) is 4.75. The Hall–Kier alpha value is -1.60. The van der Waals surface area contributed by atoms with Gasteiger partial charge in [0.2, 0.25) is 0 Å². The summed E-state index contributed by atoms with van der Waals surface area (Å²) in [5.41, 5.74) is 2.51. The molecule has 0 radical (unpaired) electrons. The maximum absolute atomic E-state index is 11.8. The van der Waals surface area contributed by atoms with Gasteiger partial charge in [0, 0.05) is 37.9 Å². The van der Waals surface area contributed by atoms with Crippen LogP contribution in [-0.2, 0) is 14.6 Å². The smallest absolute Gasteiger partial charge is 0.338 e. The van der Waals surface area contributed by atoms with Crippen LogP contribution >= 0.6 is 0 Å². The minimum absolute atomic E-state index is 0.264. The van der Waals surface area contributed by atoms with Crippen LogP contribution in [0.2, 0.25) is 0 Å². The lowest BCUT2D eigenvalue weighted by Crippen LogP contribution is -2.62. The van der Waals surface area contributed by atoms with E-state index in [-0.39, 0.29) is 17.5 Å². The molecule has 2 saturated heterocycles. The Kier molecular flexibility index (Phi) is 4.33. The summed E-state index contributed by atoms with van der Waals surface area (Å²) >= 11 is 0. The number of carbonyl (C=O) groups is 1. The van der Waals surface area contributed by atoms with Crippen LogP contribution in [0.5, 0.6) is 0 Å². The Bertz CT molecular complexity index is 697.